The molecule has 0 atom stereocenters. The molecule has 0 spiro atoms. The minimum absolute atomic E-state index is 0.193. The highest BCUT2D eigenvalue weighted by molar-refractivity contribution is 5.94. The van der Waals surface area contributed by atoms with E-state index in [1.54, 1.807) is 12.1 Å². The number of aromatic nitrogens is 1. The highest BCUT2D eigenvalue weighted by Gasteiger charge is 2.18. The molecule has 1 aliphatic rings. The van der Waals surface area contributed by atoms with Gasteiger partial charge in [0, 0.05) is 49.3 Å². The SMILES string of the molecule is C=C(CNC(=O)c1ccnc(N)c1)N1CCN(c2ccc(C#N)cc2)CC1. The van der Waals surface area contributed by atoms with Gasteiger partial charge in [0.25, 0.3) is 5.91 Å². The van der Waals surface area contributed by atoms with E-state index in [1.165, 1.54) is 6.20 Å². The van der Waals surface area contributed by atoms with Gasteiger partial charge in [-0.3, -0.25) is 4.79 Å². The molecule has 7 heteroatoms. The molecule has 0 radical (unpaired) electrons. The normalized spacial score (nSPS) is 13.7. The Morgan fingerprint density at radius 1 is 1.22 bits per heavy atom. The summed E-state index contributed by atoms with van der Waals surface area (Å²) in [6.45, 7) is 7.87. The van der Waals surface area contributed by atoms with E-state index in [2.05, 4.69) is 32.7 Å². The molecule has 7 nitrogen and oxygen atoms in total. The number of pyridine rings is 1. The van der Waals surface area contributed by atoms with Gasteiger partial charge in [0.05, 0.1) is 18.2 Å². The lowest BCUT2D eigenvalue weighted by Crippen LogP contribution is -2.47. The van der Waals surface area contributed by atoms with E-state index in [9.17, 15) is 4.79 Å². The Balaban J connectivity index is 1.48. The fraction of sp³-hybridized carbons (Fsp3) is 0.250. The Kier molecular flexibility index (Phi) is 5.57. The number of nitrogen functional groups attached to an aromatic ring is 1. The maximum Gasteiger partial charge on any atom is 0.251 e. The second-order valence-electron chi connectivity index (χ2n) is 6.35. The van der Waals surface area contributed by atoms with Crippen molar-refractivity contribution in [3.63, 3.8) is 0 Å². The molecule has 0 unspecified atom stereocenters. The number of nitrogens with one attached hydrogen (secondary N) is 1. The van der Waals surface area contributed by atoms with E-state index in [1.807, 2.05) is 24.3 Å². The predicted molar refractivity (Wildman–Crippen MR) is 105 cm³/mol. The van der Waals surface area contributed by atoms with E-state index >= 15 is 0 Å². The van der Waals surface area contributed by atoms with Crippen LogP contribution in [0.25, 0.3) is 0 Å². The monoisotopic (exact) mass is 362 g/mol. The van der Waals surface area contributed by atoms with Gasteiger partial charge in [-0.15, -0.1) is 0 Å². The minimum atomic E-state index is -0.193. The van der Waals surface area contributed by atoms with Crippen LogP contribution in [0.15, 0.2) is 54.9 Å². The first-order chi connectivity index (χ1) is 13.1. The molecule has 3 rings (SSSR count). The third-order valence-electron chi connectivity index (χ3n) is 4.58. The van der Waals surface area contributed by atoms with Crippen LogP contribution in [0.5, 0.6) is 0 Å². The highest BCUT2D eigenvalue weighted by atomic mass is 16.1. The largest absolute Gasteiger partial charge is 0.384 e. The third kappa shape index (κ3) is 4.55. The Hall–Kier alpha value is -3.53. The van der Waals surface area contributed by atoms with Crippen molar-refractivity contribution in [2.24, 2.45) is 0 Å². The summed E-state index contributed by atoms with van der Waals surface area (Å²) in [5.41, 5.74) is 8.75. The molecule has 27 heavy (non-hydrogen) atoms. The summed E-state index contributed by atoms with van der Waals surface area (Å²) in [5, 5.41) is 11.8. The lowest BCUT2D eigenvalue weighted by molar-refractivity contribution is 0.0953. The summed E-state index contributed by atoms with van der Waals surface area (Å²) in [5.74, 6) is 0.127. The van der Waals surface area contributed by atoms with Crippen molar-refractivity contribution in [1.29, 1.82) is 5.26 Å². The van der Waals surface area contributed by atoms with E-state index in [0.29, 0.717) is 23.5 Å². The fourth-order valence-electron chi connectivity index (χ4n) is 3.01. The van der Waals surface area contributed by atoms with Crippen molar-refractivity contribution in [1.82, 2.24) is 15.2 Å². The highest BCUT2D eigenvalue weighted by Crippen LogP contribution is 2.18. The van der Waals surface area contributed by atoms with Crippen LogP contribution in [0.4, 0.5) is 11.5 Å². The minimum Gasteiger partial charge on any atom is -0.384 e. The number of nitrogens with zero attached hydrogens (tertiary/aromatic N) is 4. The van der Waals surface area contributed by atoms with Gasteiger partial charge in [-0.2, -0.15) is 5.26 Å². The standard InChI is InChI=1S/C20H22N6O/c1-15(14-24-20(27)17-6-7-23-19(22)12-17)25-8-10-26(11-9-25)18-4-2-16(13-21)3-5-18/h2-7,12H,1,8-11,14H2,(H2,22,23)(H,24,27). The molecule has 1 saturated heterocycles. The number of anilines is 2. The van der Waals surface area contributed by atoms with Gasteiger partial charge in [-0.25, -0.2) is 4.98 Å². The van der Waals surface area contributed by atoms with Gasteiger partial charge in [-0.05, 0) is 36.4 Å². The molecule has 1 amide bonds. The van der Waals surface area contributed by atoms with Gasteiger partial charge >= 0.3 is 0 Å². The van der Waals surface area contributed by atoms with E-state index in [-0.39, 0.29) is 5.91 Å². The first-order valence-corrected chi connectivity index (χ1v) is 8.74. The molecule has 0 aliphatic carbocycles. The van der Waals surface area contributed by atoms with Gasteiger partial charge in [0.2, 0.25) is 0 Å². The number of carbonyl (C=O) groups excluding carboxylic acids is 1. The zero-order chi connectivity index (χ0) is 19.2. The van der Waals surface area contributed by atoms with Gasteiger partial charge in [0.1, 0.15) is 5.82 Å². The summed E-state index contributed by atoms with van der Waals surface area (Å²) < 4.78 is 0. The molecule has 2 aromatic rings. The van der Waals surface area contributed by atoms with Crippen LogP contribution in [-0.4, -0.2) is 48.5 Å². The molecule has 0 bridgehead atoms. The van der Waals surface area contributed by atoms with Crippen molar-refractivity contribution in [3.8, 4) is 6.07 Å². The topological polar surface area (TPSA) is 98.3 Å². The fourth-order valence-corrected chi connectivity index (χ4v) is 3.01. The number of amides is 1. The first kappa shape index (κ1) is 18.3. The summed E-state index contributed by atoms with van der Waals surface area (Å²) in [4.78, 5) is 20.5. The number of piperazine rings is 1. The van der Waals surface area contributed by atoms with Crippen molar-refractivity contribution in [3.05, 3.63) is 66.0 Å². The van der Waals surface area contributed by atoms with Gasteiger partial charge in [-0.1, -0.05) is 6.58 Å². The molecule has 1 aromatic heterocycles. The second-order valence-corrected chi connectivity index (χ2v) is 6.35. The lowest BCUT2D eigenvalue weighted by atomic mass is 10.2. The molecular weight excluding hydrogens is 340 g/mol. The maximum absolute atomic E-state index is 12.2. The maximum atomic E-state index is 12.2. The van der Waals surface area contributed by atoms with Crippen LogP contribution >= 0.6 is 0 Å². The van der Waals surface area contributed by atoms with Crippen LogP contribution in [-0.2, 0) is 0 Å². The van der Waals surface area contributed by atoms with Crippen LogP contribution in [0.2, 0.25) is 0 Å². The summed E-state index contributed by atoms with van der Waals surface area (Å²) in [6.07, 6.45) is 1.52. The zero-order valence-electron chi connectivity index (χ0n) is 15.1. The summed E-state index contributed by atoms with van der Waals surface area (Å²) in [7, 11) is 0. The quantitative estimate of drug-likeness (QED) is 0.838. The first-order valence-electron chi connectivity index (χ1n) is 8.74. The summed E-state index contributed by atoms with van der Waals surface area (Å²) in [6, 6.07) is 12.9. The number of nitrogens with two attached hydrogens (primary N) is 1. The zero-order valence-corrected chi connectivity index (χ0v) is 15.1. The average Bonchev–Trinajstić information content (AvgIpc) is 2.72. The number of carbonyl (C=O) groups is 1. The van der Waals surface area contributed by atoms with Crippen LogP contribution in [0.1, 0.15) is 15.9 Å². The van der Waals surface area contributed by atoms with Crippen LogP contribution in [0.3, 0.4) is 0 Å². The molecule has 3 N–H and O–H groups in total. The molecule has 1 fully saturated rings. The van der Waals surface area contributed by atoms with Crippen molar-refractivity contribution in [2.75, 3.05) is 43.4 Å². The van der Waals surface area contributed by atoms with Crippen LogP contribution in [0, 0.1) is 11.3 Å². The van der Waals surface area contributed by atoms with Crippen LogP contribution < -0.4 is 16.0 Å². The van der Waals surface area contributed by atoms with Gasteiger partial charge in [0.15, 0.2) is 0 Å². The second kappa shape index (κ2) is 8.23. The smallest absolute Gasteiger partial charge is 0.251 e. The Labute approximate surface area is 158 Å². The van der Waals surface area contributed by atoms with E-state index in [0.717, 1.165) is 37.6 Å². The van der Waals surface area contributed by atoms with E-state index in [4.69, 9.17) is 11.0 Å². The summed E-state index contributed by atoms with van der Waals surface area (Å²) >= 11 is 0. The number of hydrogen-bond donors (Lipinski definition) is 2. The Morgan fingerprint density at radius 2 is 1.93 bits per heavy atom. The number of nitriles is 1. The number of rotatable bonds is 5. The average molecular weight is 362 g/mol. The van der Waals surface area contributed by atoms with Gasteiger partial charge < -0.3 is 20.9 Å². The van der Waals surface area contributed by atoms with Crippen molar-refractivity contribution in [2.45, 2.75) is 0 Å². The Bertz CT molecular complexity index is 863. The van der Waals surface area contributed by atoms with Crippen molar-refractivity contribution < 1.29 is 4.79 Å². The van der Waals surface area contributed by atoms with Crippen molar-refractivity contribution >= 4 is 17.4 Å². The molecule has 138 valence electrons. The third-order valence-corrected chi connectivity index (χ3v) is 4.58. The molecule has 1 aliphatic heterocycles. The molecular formula is C20H22N6O. The number of benzene rings is 1. The molecule has 0 saturated carbocycles. The predicted octanol–water partition coefficient (Wildman–Crippen LogP) is 1.60. The molecule has 2 heterocycles. The Morgan fingerprint density at radius 3 is 2.56 bits per heavy atom. The lowest BCUT2D eigenvalue weighted by Gasteiger charge is -2.38. The number of hydrogen-bond acceptors (Lipinski definition) is 6. The molecule has 1 aromatic carbocycles. The van der Waals surface area contributed by atoms with E-state index < -0.39 is 0 Å².